The number of aromatic nitrogens is 4. The van der Waals surface area contributed by atoms with E-state index in [2.05, 4.69) is 26.4 Å². The number of nitrogens with one attached hydrogen (secondary N) is 1. The molecule has 2 aromatic carbocycles. The van der Waals surface area contributed by atoms with Crippen molar-refractivity contribution in [1.29, 1.82) is 0 Å². The third-order valence-corrected chi connectivity index (χ3v) is 5.40. The number of carbonyl (C=O) groups is 1. The average Bonchev–Trinajstić information content (AvgIpc) is 3.36. The van der Waals surface area contributed by atoms with E-state index in [1.807, 2.05) is 49.8 Å². The van der Waals surface area contributed by atoms with Gasteiger partial charge in [0, 0.05) is 30.4 Å². The molecule has 7 heteroatoms. The summed E-state index contributed by atoms with van der Waals surface area (Å²) in [6.07, 6.45) is 5.57. The molecule has 0 aliphatic rings. The number of rotatable bonds is 3. The molecule has 136 valence electrons. The Morgan fingerprint density at radius 3 is 2.82 bits per heavy atom. The van der Waals surface area contributed by atoms with Gasteiger partial charge in [0.05, 0.1) is 27.5 Å². The lowest BCUT2D eigenvalue weighted by atomic mass is 10.1. The van der Waals surface area contributed by atoms with E-state index < -0.39 is 0 Å². The molecular weight excluding hydrogens is 370 g/mol. The van der Waals surface area contributed by atoms with Crippen molar-refractivity contribution >= 4 is 44.1 Å². The Kier molecular flexibility index (Phi) is 3.87. The van der Waals surface area contributed by atoms with Crippen LogP contribution in [0.15, 0.2) is 66.6 Å². The summed E-state index contributed by atoms with van der Waals surface area (Å²) in [6.45, 7) is 0. The largest absolute Gasteiger partial charge is 0.306 e. The Balaban J connectivity index is 1.49. The van der Waals surface area contributed by atoms with Gasteiger partial charge in [-0.3, -0.25) is 9.48 Å². The number of thiazole rings is 1. The van der Waals surface area contributed by atoms with Gasteiger partial charge in [-0.05, 0) is 35.2 Å². The lowest BCUT2D eigenvalue weighted by molar-refractivity contribution is 0.102. The molecule has 0 bridgehead atoms. The minimum Gasteiger partial charge on any atom is -0.306 e. The van der Waals surface area contributed by atoms with Crippen LogP contribution >= 0.6 is 11.3 Å². The highest BCUT2D eigenvalue weighted by Crippen LogP contribution is 2.26. The summed E-state index contributed by atoms with van der Waals surface area (Å²) in [5.41, 5.74) is 5.11. The molecule has 0 aliphatic heterocycles. The van der Waals surface area contributed by atoms with Crippen LogP contribution in [0.1, 0.15) is 10.4 Å². The molecule has 5 aromatic rings. The van der Waals surface area contributed by atoms with Crippen LogP contribution in [-0.4, -0.2) is 25.7 Å². The maximum Gasteiger partial charge on any atom is 0.259 e. The van der Waals surface area contributed by atoms with E-state index in [9.17, 15) is 4.79 Å². The second-order valence-corrected chi connectivity index (χ2v) is 7.38. The van der Waals surface area contributed by atoms with Crippen molar-refractivity contribution in [1.82, 2.24) is 19.7 Å². The van der Waals surface area contributed by atoms with Crippen LogP contribution in [0.3, 0.4) is 0 Å². The number of amides is 1. The molecule has 0 spiro atoms. The van der Waals surface area contributed by atoms with Crippen molar-refractivity contribution < 1.29 is 4.79 Å². The quantitative estimate of drug-likeness (QED) is 0.496. The number of hydrogen-bond acceptors (Lipinski definition) is 5. The number of fused-ring (bicyclic) bond motifs is 2. The summed E-state index contributed by atoms with van der Waals surface area (Å²) < 4.78 is 2.76. The SMILES string of the molecule is Cn1cc(-c2ccc3cnc(NC(=O)c4cccc5scnc45)cc3c2)cn1. The first kappa shape index (κ1) is 16.6. The molecule has 0 fully saturated rings. The van der Waals surface area contributed by atoms with E-state index >= 15 is 0 Å². The van der Waals surface area contributed by atoms with Crippen LogP contribution in [-0.2, 0) is 7.05 Å². The molecule has 3 heterocycles. The molecular formula is C21H15N5OS. The maximum atomic E-state index is 12.8. The summed E-state index contributed by atoms with van der Waals surface area (Å²) >= 11 is 1.51. The van der Waals surface area contributed by atoms with E-state index in [0.29, 0.717) is 16.9 Å². The predicted molar refractivity (Wildman–Crippen MR) is 112 cm³/mol. The van der Waals surface area contributed by atoms with E-state index in [0.717, 1.165) is 26.6 Å². The number of hydrogen-bond donors (Lipinski definition) is 1. The summed E-state index contributed by atoms with van der Waals surface area (Å²) in [5.74, 6) is 0.292. The van der Waals surface area contributed by atoms with Gasteiger partial charge in [0.1, 0.15) is 5.82 Å². The lowest BCUT2D eigenvalue weighted by Crippen LogP contribution is -2.13. The van der Waals surface area contributed by atoms with Crippen molar-refractivity contribution in [3.63, 3.8) is 0 Å². The van der Waals surface area contributed by atoms with Crippen molar-refractivity contribution in [3.05, 3.63) is 72.1 Å². The van der Waals surface area contributed by atoms with Gasteiger partial charge in [-0.25, -0.2) is 9.97 Å². The van der Waals surface area contributed by atoms with Crippen LogP contribution in [0.2, 0.25) is 0 Å². The van der Waals surface area contributed by atoms with Crippen molar-refractivity contribution in [2.24, 2.45) is 7.05 Å². The molecule has 1 amide bonds. The van der Waals surface area contributed by atoms with Crippen LogP contribution in [0.5, 0.6) is 0 Å². The monoisotopic (exact) mass is 385 g/mol. The Labute approximate surface area is 164 Å². The van der Waals surface area contributed by atoms with E-state index in [1.165, 1.54) is 11.3 Å². The molecule has 0 saturated heterocycles. The zero-order valence-electron chi connectivity index (χ0n) is 15.0. The van der Waals surface area contributed by atoms with Crippen LogP contribution in [0, 0.1) is 0 Å². The van der Waals surface area contributed by atoms with Crippen LogP contribution < -0.4 is 5.32 Å². The second-order valence-electron chi connectivity index (χ2n) is 6.49. The standard InChI is InChI=1S/C21H15N5OS/c1-26-11-16(10-24-26)13-5-6-14-9-22-19(8-15(14)7-13)25-21(27)17-3-2-4-18-20(17)23-12-28-18/h2-12H,1H3,(H,22,25,27). The number of nitrogens with zero attached hydrogens (tertiary/aromatic N) is 4. The highest BCUT2D eigenvalue weighted by atomic mass is 32.1. The third-order valence-electron chi connectivity index (χ3n) is 4.61. The van der Waals surface area contributed by atoms with Gasteiger partial charge in [-0.15, -0.1) is 11.3 Å². The van der Waals surface area contributed by atoms with Gasteiger partial charge in [0.2, 0.25) is 0 Å². The van der Waals surface area contributed by atoms with Crippen LogP contribution in [0.4, 0.5) is 5.82 Å². The number of para-hydroxylation sites is 1. The fourth-order valence-electron chi connectivity index (χ4n) is 3.21. The van der Waals surface area contributed by atoms with Crippen molar-refractivity contribution in [2.45, 2.75) is 0 Å². The summed E-state index contributed by atoms with van der Waals surface area (Å²) in [6, 6.07) is 13.6. The normalized spacial score (nSPS) is 11.2. The number of aryl methyl sites for hydroxylation is 1. The van der Waals surface area contributed by atoms with Gasteiger partial charge < -0.3 is 5.32 Å². The van der Waals surface area contributed by atoms with Gasteiger partial charge in [0.25, 0.3) is 5.91 Å². The molecule has 6 nitrogen and oxygen atoms in total. The fourth-order valence-corrected chi connectivity index (χ4v) is 3.92. The number of benzene rings is 2. The summed E-state index contributed by atoms with van der Waals surface area (Å²) in [7, 11) is 1.89. The Hall–Kier alpha value is -3.58. The first-order chi connectivity index (χ1) is 13.7. The number of pyridine rings is 1. The maximum absolute atomic E-state index is 12.8. The van der Waals surface area contributed by atoms with Gasteiger partial charge in [-0.1, -0.05) is 18.2 Å². The Morgan fingerprint density at radius 1 is 1.04 bits per heavy atom. The van der Waals surface area contributed by atoms with Crippen molar-refractivity contribution in [2.75, 3.05) is 5.32 Å². The average molecular weight is 385 g/mol. The molecule has 28 heavy (non-hydrogen) atoms. The highest BCUT2D eigenvalue weighted by molar-refractivity contribution is 7.16. The Bertz CT molecular complexity index is 1340. The van der Waals surface area contributed by atoms with Gasteiger partial charge >= 0.3 is 0 Å². The summed E-state index contributed by atoms with van der Waals surface area (Å²) in [4.78, 5) is 21.4. The predicted octanol–water partition coefficient (Wildman–Crippen LogP) is 4.50. The molecule has 0 radical (unpaired) electrons. The van der Waals surface area contributed by atoms with E-state index in [1.54, 1.807) is 22.5 Å². The van der Waals surface area contributed by atoms with Gasteiger partial charge in [0.15, 0.2) is 0 Å². The zero-order chi connectivity index (χ0) is 19.1. The fraction of sp³-hybridized carbons (Fsp3) is 0.0476. The van der Waals surface area contributed by atoms with Crippen LogP contribution in [0.25, 0.3) is 32.1 Å². The van der Waals surface area contributed by atoms with E-state index in [4.69, 9.17) is 0 Å². The third kappa shape index (κ3) is 2.91. The van der Waals surface area contributed by atoms with Gasteiger partial charge in [-0.2, -0.15) is 5.10 Å². The molecule has 5 rings (SSSR count). The second kappa shape index (κ2) is 6.54. The lowest BCUT2D eigenvalue weighted by Gasteiger charge is -2.07. The first-order valence-corrected chi connectivity index (χ1v) is 9.58. The van der Waals surface area contributed by atoms with Crippen molar-refractivity contribution in [3.8, 4) is 11.1 Å². The molecule has 0 atom stereocenters. The summed E-state index contributed by atoms with van der Waals surface area (Å²) in [5, 5.41) is 9.13. The first-order valence-electron chi connectivity index (χ1n) is 8.70. The topological polar surface area (TPSA) is 72.7 Å². The number of carbonyl (C=O) groups excluding carboxylic acids is 1. The minimum atomic E-state index is -0.216. The molecule has 0 unspecified atom stereocenters. The molecule has 3 aromatic heterocycles. The zero-order valence-corrected chi connectivity index (χ0v) is 15.8. The molecule has 0 saturated carbocycles. The molecule has 1 N–H and O–H groups in total. The highest BCUT2D eigenvalue weighted by Gasteiger charge is 2.13. The Morgan fingerprint density at radius 2 is 1.96 bits per heavy atom. The number of anilines is 1. The minimum absolute atomic E-state index is 0.216. The van der Waals surface area contributed by atoms with E-state index in [-0.39, 0.29) is 5.91 Å². The smallest absolute Gasteiger partial charge is 0.259 e. The molecule has 0 aliphatic carbocycles.